The topological polar surface area (TPSA) is 57.3 Å². The molecular weight excluding hydrogens is 565 g/mol. The third-order valence-corrected chi connectivity index (χ3v) is 8.00. The average Bonchev–Trinajstić information content (AvgIpc) is 3.58. The van der Waals surface area contributed by atoms with Gasteiger partial charge in [0.1, 0.15) is 5.75 Å². The summed E-state index contributed by atoms with van der Waals surface area (Å²) in [5, 5.41) is 6.22. The molecule has 11 heteroatoms. The largest absolute Gasteiger partial charge is 0.497 e. The maximum Gasteiger partial charge on any atom is 0.418 e. The Bertz CT molecular complexity index is 1490. The lowest BCUT2D eigenvalue weighted by molar-refractivity contribution is -0.137. The van der Waals surface area contributed by atoms with Gasteiger partial charge in [-0.15, -0.1) is 0 Å². The summed E-state index contributed by atoms with van der Waals surface area (Å²) in [5.74, 6) is -2.05. The Morgan fingerprint density at radius 3 is 2.51 bits per heavy atom. The summed E-state index contributed by atoms with van der Waals surface area (Å²) in [4.78, 5) is 3.22. The van der Waals surface area contributed by atoms with Crippen molar-refractivity contribution < 1.29 is 26.7 Å². The normalized spacial score (nSPS) is 19.3. The summed E-state index contributed by atoms with van der Waals surface area (Å²) >= 11 is 0. The molecule has 0 spiro atoms. The number of hydrogen-bond donors (Lipinski definition) is 1. The molecule has 0 amide bonds. The quantitative estimate of drug-likeness (QED) is 0.319. The molecule has 0 saturated carbocycles. The highest BCUT2D eigenvalue weighted by atomic mass is 19.4. The maximum absolute atomic E-state index is 14.6. The van der Waals surface area contributed by atoms with Gasteiger partial charge in [0.05, 0.1) is 47.8 Å². The predicted octanol–water partition coefficient (Wildman–Crippen LogP) is 7.42. The first-order chi connectivity index (χ1) is 20.4. The number of methoxy groups -OCH3 is 1. The highest BCUT2D eigenvalue weighted by Gasteiger charge is 2.42. The van der Waals surface area contributed by atoms with Crippen LogP contribution in [0.2, 0.25) is 0 Å². The zero-order valence-electron chi connectivity index (χ0n) is 24.6. The fraction of sp³-hybridized carbons (Fsp3) is 0.406. The molecule has 230 valence electrons. The van der Waals surface area contributed by atoms with Crippen LogP contribution in [0.4, 0.5) is 33.3 Å². The molecule has 1 saturated heterocycles. The molecule has 1 fully saturated rings. The van der Waals surface area contributed by atoms with E-state index in [-0.39, 0.29) is 30.2 Å². The molecule has 0 atom stereocenters. The van der Waals surface area contributed by atoms with E-state index in [0.717, 1.165) is 23.6 Å². The van der Waals surface area contributed by atoms with Gasteiger partial charge in [0.25, 0.3) is 5.92 Å². The first-order valence-corrected chi connectivity index (χ1v) is 14.4. The van der Waals surface area contributed by atoms with Gasteiger partial charge in [-0.2, -0.15) is 18.3 Å². The van der Waals surface area contributed by atoms with Crippen molar-refractivity contribution in [1.29, 1.82) is 0 Å². The number of alkyl halides is 5. The number of ether oxygens (including phenoxy) is 1. The molecule has 6 nitrogen and oxygen atoms in total. The van der Waals surface area contributed by atoms with Crippen LogP contribution < -0.4 is 20.4 Å². The van der Waals surface area contributed by atoms with Gasteiger partial charge in [-0.25, -0.2) is 13.8 Å². The summed E-state index contributed by atoms with van der Waals surface area (Å²) in [6.45, 7) is 7.86. The van der Waals surface area contributed by atoms with Crippen LogP contribution in [0.15, 0.2) is 76.9 Å². The molecule has 0 aromatic heterocycles. The highest BCUT2D eigenvalue weighted by Crippen LogP contribution is 2.46. The molecule has 0 unspecified atom stereocenters. The Balaban J connectivity index is 1.78. The first-order valence-electron chi connectivity index (χ1n) is 14.4. The Morgan fingerprint density at radius 1 is 1.14 bits per heavy atom. The van der Waals surface area contributed by atoms with Crippen molar-refractivity contribution in [3.63, 3.8) is 0 Å². The SMILES string of the molecule is C=C(N)N1CCC2=C1/C(=C\CCC)N(c1cc(N3CCC(F)(F)C3)ccc1C(F)(F)F)N=C2c1cc(CC)cc(OC)c1. The number of aryl methyl sites for hydroxylation is 1. The number of nitrogens with zero attached hydrogens (tertiary/aromatic N) is 4. The second-order valence-electron chi connectivity index (χ2n) is 11.0. The number of nitrogens with two attached hydrogens (primary N) is 1. The second-order valence-corrected chi connectivity index (χ2v) is 11.0. The van der Waals surface area contributed by atoms with Gasteiger partial charge < -0.3 is 20.3 Å². The first kappa shape index (κ1) is 30.4. The number of hydrogen-bond acceptors (Lipinski definition) is 6. The van der Waals surface area contributed by atoms with Crippen molar-refractivity contribution in [2.45, 2.75) is 58.1 Å². The van der Waals surface area contributed by atoms with Gasteiger partial charge in [0, 0.05) is 36.3 Å². The van der Waals surface area contributed by atoms with E-state index in [4.69, 9.17) is 15.6 Å². The minimum absolute atomic E-state index is 0.0323. The Morgan fingerprint density at radius 2 is 1.91 bits per heavy atom. The number of rotatable bonds is 8. The lowest BCUT2D eigenvalue weighted by Crippen LogP contribution is -2.34. The number of benzene rings is 2. The molecule has 3 aliphatic rings. The second kappa shape index (κ2) is 11.6. The molecule has 43 heavy (non-hydrogen) atoms. The summed E-state index contributed by atoms with van der Waals surface area (Å²) in [6.07, 6.45) is -0.674. The molecular formula is C32H36F5N5O. The van der Waals surface area contributed by atoms with Crippen molar-refractivity contribution in [2.75, 3.05) is 36.7 Å². The maximum atomic E-state index is 14.6. The van der Waals surface area contributed by atoms with E-state index in [1.165, 1.54) is 22.0 Å². The lowest BCUT2D eigenvalue weighted by Gasteiger charge is -2.35. The zero-order chi connectivity index (χ0) is 31.1. The van der Waals surface area contributed by atoms with Crippen molar-refractivity contribution >= 4 is 17.1 Å². The number of hydrazone groups is 1. The van der Waals surface area contributed by atoms with Crippen LogP contribution in [0, 0.1) is 0 Å². The lowest BCUT2D eigenvalue weighted by atomic mass is 9.94. The number of halogens is 5. The fourth-order valence-corrected chi connectivity index (χ4v) is 5.83. The van der Waals surface area contributed by atoms with E-state index < -0.39 is 24.2 Å². The van der Waals surface area contributed by atoms with Crippen LogP contribution in [-0.2, 0) is 12.6 Å². The summed E-state index contributed by atoms with van der Waals surface area (Å²) in [7, 11) is 1.56. The molecule has 3 aliphatic heterocycles. The van der Waals surface area contributed by atoms with E-state index in [0.29, 0.717) is 54.2 Å². The van der Waals surface area contributed by atoms with Gasteiger partial charge in [-0.3, -0.25) is 0 Å². The third kappa shape index (κ3) is 5.94. The molecule has 2 aromatic carbocycles. The molecule has 2 aromatic rings. The van der Waals surface area contributed by atoms with Crippen LogP contribution in [-0.4, -0.2) is 43.3 Å². The van der Waals surface area contributed by atoms with E-state index in [1.54, 1.807) is 12.0 Å². The molecule has 2 N–H and O–H groups in total. The smallest absolute Gasteiger partial charge is 0.418 e. The Labute approximate surface area is 248 Å². The van der Waals surface area contributed by atoms with Gasteiger partial charge >= 0.3 is 6.18 Å². The van der Waals surface area contributed by atoms with E-state index in [1.807, 2.05) is 38.1 Å². The van der Waals surface area contributed by atoms with Gasteiger partial charge in [-0.05, 0) is 61.2 Å². The Hall–Kier alpha value is -4.02. The van der Waals surface area contributed by atoms with Gasteiger partial charge in [0.2, 0.25) is 0 Å². The third-order valence-electron chi connectivity index (χ3n) is 8.00. The van der Waals surface area contributed by atoms with Crippen molar-refractivity contribution in [1.82, 2.24) is 4.90 Å². The minimum atomic E-state index is -4.73. The summed E-state index contributed by atoms with van der Waals surface area (Å²) in [5.41, 5.74) is 9.39. The molecule has 3 heterocycles. The summed E-state index contributed by atoms with van der Waals surface area (Å²) in [6, 6.07) is 9.20. The van der Waals surface area contributed by atoms with Crippen molar-refractivity contribution in [3.05, 3.63) is 88.5 Å². The molecule has 5 rings (SSSR count). The van der Waals surface area contributed by atoms with Gasteiger partial charge in [0.15, 0.2) is 0 Å². The Kier molecular flexibility index (Phi) is 8.20. The van der Waals surface area contributed by atoms with Crippen LogP contribution in [0.3, 0.4) is 0 Å². The summed E-state index contributed by atoms with van der Waals surface area (Å²) < 4.78 is 77.6. The van der Waals surface area contributed by atoms with E-state index >= 15 is 0 Å². The molecule has 0 bridgehead atoms. The number of anilines is 2. The highest BCUT2D eigenvalue weighted by molar-refractivity contribution is 6.15. The van der Waals surface area contributed by atoms with Crippen LogP contribution in [0.25, 0.3) is 0 Å². The molecule has 0 aliphatic carbocycles. The fourth-order valence-electron chi connectivity index (χ4n) is 5.83. The van der Waals surface area contributed by atoms with E-state index in [9.17, 15) is 22.0 Å². The molecule has 0 radical (unpaired) electrons. The van der Waals surface area contributed by atoms with Crippen LogP contribution >= 0.6 is 0 Å². The standard InChI is InChI=1S/C32H36F5N5O/c1-5-7-8-27-30-25(11-13-41(30)20(3)38)29(22-15-21(6-2)16-24(17-22)43-4)39-42(27)28-18-23(9-10-26(28)32(35,36)37)40-14-12-31(33,34)19-40/h8-10,15-18H,3,5-7,11-14,19,38H2,1-2,4H3/b27-8+. The number of unbranched alkanes of at least 4 members (excludes halogenated alkanes) is 1. The monoisotopic (exact) mass is 601 g/mol. The minimum Gasteiger partial charge on any atom is -0.497 e. The number of allylic oxidation sites excluding steroid dienone is 1. The van der Waals surface area contributed by atoms with Crippen molar-refractivity contribution in [3.8, 4) is 5.75 Å². The van der Waals surface area contributed by atoms with E-state index in [2.05, 4.69) is 6.58 Å². The van der Waals surface area contributed by atoms with Crippen LogP contribution in [0.1, 0.15) is 56.2 Å². The average molecular weight is 602 g/mol. The predicted molar refractivity (Wildman–Crippen MR) is 159 cm³/mol. The van der Waals surface area contributed by atoms with Gasteiger partial charge in [-0.1, -0.05) is 32.9 Å². The van der Waals surface area contributed by atoms with Crippen LogP contribution in [0.5, 0.6) is 5.75 Å². The zero-order valence-corrected chi connectivity index (χ0v) is 24.6. The van der Waals surface area contributed by atoms with Crippen molar-refractivity contribution in [2.24, 2.45) is 10.8 Å².